The number of aliphatic hydroxyl groups excluding tert-OH is 1. The summed E-state index contributed by atoms with van der Waals surface area (Å²) in [6.07, 6.45) is -1.07. The molecule has 2 heterocycles. The van der Waals surface area contributed by atoms with E-state index in [1.54, 1.807) is 28.4 Å². The maximum Gasteiger partial charge on any atom is 0.256 e. The molecule has 1 aromatic heterocycles. The third-order valence-electron chi connectivity index (χ3n) is 4.09. The average Bonchev–Trinajstić information content (AvgIpc) is 3.00. The first-order valence-electron chi connectivity index (χ1n) is 7.78. The molecule has 0 aliphatic carbocycles. The van der Waals surface area contributed by atoms with E-state index in [2.05, 4.69) is 15.3 Å². The van der Waals surface area contributed by atoms with E-state index in [0.717, 1.165) is 30.3 Å². The van der Waals surface area contributed by atoms with Gasteiger partial charge in [0.25, 0.3) is 5.91 Å². The second-order valence-corrected chi connectivity index (χ2v) is 6.83. The van der Waals surface area contributed by atoms with E-state index in [4.69, 9.17) is 0 Å². The van der Waals surface area contributed by atoms with Crippen molar-refractivity contribution in [2.75, 3.05) is 26.2 Å². The lowest BCUT2D eigenvalue weighted by Gasteiger charge is -2.35. The predicted octanol–water partition coefficient (Wildman–Crippen LogP) is 1.83. The van der Waals surface area contributed by atoms with Crippen molar-refractivity contribution in [2.24, 2.45) is 0 Å². The molecule has 0 bridgehead atoms. The summed E-state index contributed by atoms with van der Waals surface area (Å²) in [5.74, 6) is -0.208. The molecule has 1 amide bonds. The number of piperazine rings is 1. The third-order valence-corrected chi connectivity index (χ3v) is 4.91. The Morgan fingerprint density at radius 2 is 1.96 bits per heavy atom. The number of aryl methyl sites for hydroxylation is 1. The minimum Gasteiger partial charge on any atom is -0.378 e. The summed E-state index contributed by atoms with van der Waals surface area (Å²) >= 11 is 1.66. The quantitative estimate of drug-likeness (QED) is 0.929. The lowest BCUT2D eigenvalue weighted by molar-refractivity contribution is -0.142. The van der Waals surface area contributed by atoms with Crippen molar-refractivity contribution in [3.8, 4) is 0 Å². The van der Waals surface area contributed by atoms with Crippen LogP contribution < -0.4 is 0 Å². The van der Waals surface area contributed by atoms with Gasteiger partial charge in [0, 0.05) is 38.1 Å². The molecule has 0 radical (unpaired) electrons. The number of amides is 1. The molecule has 0 spiro atoms. The number of carbonyl (C=O) groups is 1. The molecule has 1 unspecified atom stereocenters. The van der Waals surface area contributed by atoms with Gasteiger partial charge in [0.15, 0.2) is 6.10 Å². The number of aliphatic hydroxyl groups is 1. The van der Waals surface area contributed by atoms with Gasteiger partial charge in [0.05, 0.1) is 10.7 Å². The van der Waals surface area contributed by atoms with Gasteiger partial charge >= 0.3 is 0 Å². The smallest absolute Gasteiger partial charge is 0.256 e. The van der Waals surface area contributed by atoms with Crippen LogP contribution in [0.1, 0.15) is 22.4 Å². The summed E-state index contributed by atoms with van der Waals surface area (Å²) in [7, 11) is 0. The van der Waals surface area contributed by atoms with Gasteiger partial charge in [-0.1, -0.05) is 30.3 Å². The molecule has 1 atom stereocenters. The van der Waals surface area contributed by atoms with E-state index in [1.165, 1.54) is 0 Å². The summed E-state index contributed by atoms with van der Waals surface area (Å²) in [6.45, 7) is 5.74. The SMILES string of the molecule is Cc1nc(CN2CCN(C(=O)C(O)c3ccccc3)CC2)cs1. The van der Waals surface area contributed by atoms with E-state index < -0.39 is 6.10 Å². The highest BCUT2D eigenvalue weighted by atomic mass is 32.1. The predicted molar refractivity (Wildman–Crippen MR) is 90.1 cm³/mol. The summed E-state index contributed by atoms with van der Waals surface area (Å²) in [5.41, 5.74) is 1.74. The Morgan fingerprint density at radius 3 is 2.57 bits per heavy atom. The van der Waals surface area contributed by atoms with Crippen molar-refractivity contribution in [2.45, 2.75) is 19.6 Å². The Balaban J connectivity index is 1.53. The number of aromatic nitrogens is 1. The summed E-state index contributed by atoms with van der Waals surface area (Å²) in [4.78, 5) is 20.9. The van der Waals surface area contributed by atoms with E-state index in [9.17, 15) is 9.90 Å². The number of hydrogen-bond donors (Lipinski definition) is 1. The van der Waals surface area contributed by atoms with Gasteiger partial charge in [0.1, 0.15) is 0 Å². The molecule has 2 aromatic rings. The second-order valence-electron chi connectivity index (χ2n) is 5.77. The fourth-order valence-corrected chi connectivity index (χ4v) is 3.39. The van der Waals surface area contributed by atoms with E-state index >= 15 is 0 Å². The molecule has 0 saturated carbocycles. The number of nitrogens with zero attached hydrogens (tertiary/aromatic N) is 3. The van der Waals surface area contributed by atoms with Crippen LogP contribution in [0.2, 0.25) is 0 Å². The second kappa shape index (κ2) is 7.21. The Morgan fingerprint density at radius 1 is 1.26 bits per heavy atom. The number of rotatable bonds is 4. The first-order valence-corrected chi connectivity index (χ1v) is 8.66. The van der Waals surface area contributed by atoms with Crippen molar-refractivity contribution >= 4 is 17.2 Å². The third kappa shape index (κ3) is 3.96. The van der Waals surface area contributed by atoms with Crippen LogP contribution in [0.3, 0.4) is 0 Å². The lowest BCUT2D eigenvalue weighted by Crippen LogP contribution is -2.49. The van der Waals surface area contributed by atoms with Crippen molar-refractivity contribution < 1.29 is 9.90 Å². The zero-order valence-corrected chi connectivity index (χ0v) is 14.0. The van der Waals surface area contributed by atoms with Crippen LogP contribution in [0.5, 0.6) is 0 Å². The van der Waals surface area contributed by atoms with Crippen LogP contribution in [0.25, 0.3) is 0 Å². The van der Waals surface area contributed by atoms with Crippen LogP contribution in [-0.4, -0.2) is 52.0 Å². The molecule has 1 N–H and O–H groups in total. The molecule has 1 saturated heterocycles. The minimum absolute atomic E-state index is 0.208. The van der Waals surface area contributed by atoms with E-state index in [1.807, 2.05) is 25.1 Å². The zero-order chi connectivity index (χ0) is 16.2. The Kier molecular flexibility index (Phi) is 5.05. The van der Waals surface area contributed by atoms with Crippen LogP contribution >= 0.6 is 11.3 Å². The van der Waals surface area contributed by atoms with Gasteiger partial charge in [-0.3, -0.25) is 9.69 Å². The normalized spacial score (nSPS) is 17.2. The number of benzene rings is 1. The highest BCUT2D eigenvalue weighted by Crippen LogP contribution is 2.17. The van der Waals surface area contributed by atoms with Gasteiger partial charge in [-0.2, -0.15) is 0 Å². The fourth-order valence-electron chi connectivity index (χ4n) is 2.79. The van der Waals surface area contributed by atoms with Crippen molar-refractivity contribution in [3.63, 3.8) is 0 Å². The first kappa shape index (κ1) is 16.1. The van der Waals surface area contributed by atoms with Gasteiger partial charge < -0.3 is 10.0 Å². The highest BCUT2D eigenvalue weighted by molar-refractivity contribution is 7.09. The van der Waals surface area contributed by atoms with Crippen LogP contribution in [0, 0.1) is 6.92 Å². The monoisotopic (exact) mass is 331 g/mol. The Hall–Kier alpha value is -1.76. The molecular weight excluding hydrogens is 310 g/mol. The molecular formula is C17H21N3O2S. The van der Waals surface area contributed by atoms with E-state index in [0.29, 0.717) is 18.7 Å². The summed E-state index contributed by atoms with van der Waals surface area (Å²) < 4.78 is 0. The summed E-state index contributed by atoms with van der Waals surface area (Å²) in [5, 5.41) is 13.4. The van der Waals surface area contributed by atoms with Crippen LogP contribution in [0.15, 0.2) is 35.7 Å². The molecule has 23 heavy (non-hydrogen) atoms. The molecule has 6 heteroatoms. The number of thiazole rings is 1. The standard InChI is InChI=1S/C17H21N3O2S/c1-13-18-15(12-23-13)11-19-7-9-20(10-8-19)17(22)16(21)14-5-3-2-4-6-14/h2-6,12,16,21H,7-11H2,1H3. The maximum atomic E-state index is 12.4. The van der Waals surface area contributed by atoms with Crippen LogP contribution in [-0.2, 0) is 11.3 Å². The van der Waals surface area contributed by atoms with Gasteiger partial charge in [-0.05, 0) is 12.5 Å². The molecule has 122 valence electrons. The zero-order valence-electron chi connectivity index (χ0n) is 13.2. The molecule has 5 nitrogen and oxygen atoms in total. The number of hydrogen-bond acceptors (Lipinski definition) is 5. The minimum atomic E-state index is -1.07. The largest absolute Gasteiger partial charge is 0.378 e. The van der Waals surface area contributed by atoms with Gasteiger partial charge in [-0.15, -0.1) is 11.3 Å². The Bertz CT molecular complexity index is 651. The van der Waals surface area contributed by atoms with E-state index in [-0.39, 0.29) is 5.91 Å². The summed E-state index contributed by atoms with van der Waals surface area (Å²) in [6, 6.07) is 9.10. The molecule has 1 aliphatic heterocycles. The highest BCUT2D eigenvalue weighted by Gasteiger charge is 2.27. The maximum absolute atomic E-state index is 12.4. The topological polar surface area (TPSA) is 56.7 Å². The lowest BCUT2D eigenvalue weighted by atomic mass is 10.1. The molecule has 1 aliphatic rings. The molecule has 1 fully saturated rings. The molecule has 3 rings (SSSR count). The first-order chi connectivity index (χ1) is 11.1. The van der Waals surface area contributed by atoms with Crippen molar-refractivity contribution in [1.29, 1.82) is 0 Å². The van der Waals surface area contributed by atoms with Crippen LogP contribution in [0.4, 0.5) is 0 Å². The molecule has 1 aromatic carbocycles. The van der Waals surface area contributed by atoms with Crippen molar-refractivity contribution in [3.05, 3.63) is 52.0 Å². The van der Waals surface area contributed by atoms with Gasteiger partial charge in [0.2, 0.25) is 0 Å². The number of carbonyl (C=O) groups excluding carboxylic acids is 1. The Labute approximate surface area is 140 Å². The average molecular weight is 331 g/mol. The van der Waals surface area contributed by atoms with Gasteiger partial charge in [-0.25, -0.2) is 4.98 Å². The fraction of sp³-hybridized carbons (Fsp3) is 0.412. The van der Waals surface area contributed by atoms with Crippen molar-refractivity contribution in [1.82, 2.24) is 14.8 Å².